The van der Waals surface area contributed by atoms with E-state index in [0.29, 0.717) is 50.5 Å². The fourth-order valence-electron chi connectivity index (χ4n) is 8.24. The van der Waals surface area contributed by atoms with Crippen LogP contribution in [0.3, 0.4) is 0 Å². The molecule has 3 heterocycles. The van der Waals surface area contributed by atoms with Crippen LogP contribution in [-0.4, -0.2) is 87.6 Å². The van der Waals surface area contributed by atoms with Gasteiger partial charge in [0.1, 0.15) is 5.76 Å². The summed E-state index contributed by atoms with van der Waals surface area (Å²) in [6.45, 7) is 12.6. The van der Waals surface area contributed by atoms with Gasteiger partial charge < -0.3 is 29.2 Å². The highest BCUT2D eigenvalue weighted by molar-refractivity contribution is 5.96. The third-order valence-corrected chi connectivity index (χ3v) is 11.1. The number of rotatable bonds is 7. The van der Waals surface area contributed by atoms with Crippen molar-refractivity contribution < 1.29 is 29.3 Å². The first-order chi connectivity index (χ1) is 21.9. The zero-order valence-electron chi connectivity index (χ0n) is 27.2. The molecule has 0 radical (unpaired) electrons. The Morgan fingerprint density at radius 2 is 2.04 bits per heavy atom. The monoisotopic (exact) mass is 630 g/mol. The predicted octanol–water partition coefficient (Wildman–Crippen LogP) is 3.51. The SMILES string of the molecule is C=C1C(NC(C)C(=O)N2CCOCC2)CC2[C@](C)(CC[C@@H](O)[C@@]2(C)CO)C1C=CC1=CC(=Cc2ccc3c(c2)ncn3C)OC1=O. The van der Waals surface area contributed by atoms with E-state index in [1.807, 2.05) is 66.8 Å². The zero-order valence-corrected chi connectivity index (χ0v) is 27.2. The number of cyclic esters (lactones) is 1. The third kappa shape index (κ3) is 5.76. The molecule has 3 fully saturated rings. The van der Waals surface area contributed by atoms with E-state index in [0.717, 1.165) is 28.6 Å². The Balaban J connectivity index is 1.28. The van der Waals surface area contributed by atoms with Crippen molar-refractivity contribution in [1.29, 1.82) is 0 Å². The van der Waals surface area contributed by atoms with Crippen LogP contribution < -0.4 is 5.32 Å². The molecule has 1 saturated heterocycles. The minimum absolute atomic E-state index is 0.0190. The van der Waals surface area contributed by atoms with Crippen molar-refractivity contribution in [3.05, 3.63) is 71.8 Å². The van der Waals surface area contributed by atoms with Crippen LogP contribution >= 0.6 is 0 Å². The van der Waals surface area contributed by atoms with Crippen LogP contribution in [0.15, 0.2) is 66.2 Å². The van der Waals surface area contributed by atoms with E-state index < -0.39 is 23.5 Å². The van der Waals surface area contributed by atoms with E-state index in [9.17, 15) is 19.8 Å². The number of amides is 1. The maximum atomic E-state index is 13.3. The number of benzene rings is 1. The average molecular weight is 631 g/mol. The smallest absolute Gasteiger partial charge is 0.343 e. The van der Waals surface area contributed by atoms with Crippen LogP contribution in [0.25, 0.3) is 17.1 Å². The molecule has 0 bridgehead atoms. The number of ether oxygens (including phenoxy) is 2. The normalized spacial score (nSPS) is 33.4. The van der Waals surface area contributed by atoms with E-state index in [-0.39, 0.29) is 35.8 Å². The molecule has 1 aromatic heterocycles. The molecule has 246 valence electrons. The molecule has 2 saturated carbocycles. The minimum atomic E-state index is -0.729. The second-order valence-corrected chi connectivity index (χ2v) is 13.9. The number of hydrogen-bond donors (Lipinski definition) is 3. The van der Waals surface area contributed by atoms with Crippen LogP contribution in [0.5, 0.6) is 0 Å². The molecule has 0 spiro atoms. The number of nitrogens with zero attached hydrogens (tertiary/aromatic N) is 3. The molecule has 4 aliphatic rings. The fraction of sp³-hybridized carbons (Fsp3) is 0.528. The molecule has 2 aliphatic carbocycles. The summed E-state index contributed by atoms with van der Waals surface area (Å²) in [7, 11) is 1.95. The first-order valence-electron chi connectivity index (χ1n) is 16.3. The Morgan fingerprint density at radius 1 is 1.28 bits per heavy atom. The van der Waals surface area contributed by atoms with Crippen molar-refractivity contribution in [2.24, 2.45) is 29.7 Å². The number of imidazole rings is 1. The first-order valence-corrected chi connectivity index (χ1v) is 16.3. The number of allylic oxidation sites excluding steroid dienone is 2. The van der Waals surface area contributed by atoms with Gasteiger partial charge in [0.25, 0.3) is 0 Å². The molecule has 1 aromatic carbocycles. The Labute approximate surface area is 270 Å². The van der Waals surface area contributed by atoms with E-state index in [1.165, 1.54) is 0 Å². The van der Waals surface area contributed by atoms with Crippen molar-refractivity contribution >= 4 is 29.0 Å². The van der Waals surface area contributed by atoms with Gasteiger partial charge in [-0.15, -0.1) is 0 Å². The summed E-state index contributed by atoms with van der Waals surface area (Å²) in [5, 5.41) is 25.3. The van der Waals surface area contributed by atoms with Gasteiger partial charge in [-0.05, 0) is 67.4 Å². The maximum Gasteiger partial charge on any atom is 0.343 e. The van der Waals surface area contributed by atoms with E-state index in [4.69, 9.17) is 9.47 Å². The summed E-state index contributed by atoms with van der Waals surface area (Å²) in [4.78, 5) is 32.6. The highest BCUT2D eigenvalue weighted by Crippen LogP contribution is 2.61. The van der Waals surface area contributed by atoms with Gasteiger partial charge in [0.2, 0.25) is 5.91 Å². The third-order valence-electron chi connectivity index (χ3n) is 11.1. The standard InChI is InChI=1S/C36H46N4O6/c1-22-27(8-7-25-18-26(46-34(25)44)16-24-6-9-30-29(17-24)37-21-39(30)5)35(3)11-10-32(42)36(4,20-41)31(35)19-28(22)38-23(2)33(43)40-12-14-45-15-13-40/h6-9,16-18,21,23,27-28,31-32,38,41-42H,1,10-15,19-20H2,2-5H3/t23?,27?,28?,31?,32-,35-,36+/m1/s1. The van der Waals surface area contributed by atoms with Crippen LogP contribution in [0, 0.1) is 22.7 Å². The van der Waals surface area contributed by atoms with Crippen molar-refractivity contribution in [1.82, 2.24) is 19.8 Å². The number of hydrogen-bond acceptors (Lipinski definition) is 8. The lowest BCUT2D eigenvalue weighted by Gasteiger charge is -2.61. The average Bonchev–Trinajstić information content (AvgIpc) is 3.60. The second-order valence-electron chi connectivity index (χ2n) is 13.9. The molecule has 10 heteroatoms. The molecule has 4 unspecified atom stereocenters. The van der Waals surface area contributed by atoms with E-state index in [1.54, 1.807) is 12.4 Å². The summed E-state index contributed by atoms with van der Waals surface area (Å²) in [6.07, 6.45) is 10.5. The van der Waals surface area contributed by atoms with E-state index >= 15 is 0 Å². The van der Waals surface area contributed by atoms with Crippen molar-refractivity contribution in [2.75, 3.05) is 32.9 Å². The predicted molar refractivity (Wildman–Crippen MR) is 175 cm³/mol. The first kappa shape index (κ1) is 32.4. The molecule has 46 heavy (non-hydrogen) atoms. The Bertz CT molecular complexity index is 1620. The largest absolute Gasteiger partial charge is 0.423 e. The number of carbonyl (C=O) groups is 2. The zero-order chi connectivity index (χ0) is 32.8. The highest BCUT2D eigenvalue weighted by Gasteiger charge is 2.59. The number of esters is 1. The number of aliphatic hydroxyl groups is 2. The summed E-state index contributed by atoms with van der Waals surface area (Å²) in [6, 6.07) is 5.23. The molecule has 2 aromatic rings. The Kier molecular flexibility index (Phi) is 8.84. The number of aromatic nitrogens is 2. The van der Waals surface area contributed by atoms with Gasteiger partial charge in [0.15, 0.2) is 0 Å². The van der Waals surface area contributed by atoms with Gasteiger partial charge in [-0.2, -0.15) is 0 Å². The molecule has 6 rings (SSSR count). The van der Waals surface area contributed by atoms with Crippen molar-refractivity contribution in [2.45, 2.75) is 58.2 Å². The van der Waals surface area contributed by atoms with E-state index in [2.05, 4.69) is 23.8 Å². The van der Waals surface area contributed by atoms with Gasteiger partial charge in [-0.1, -0.05) is 44.2 Å². The lowest BCUT2D eigenvalue weighted by atomic mass is 9.45. The Hall–Kier alpha value is -3.57. The molecular formula is C36H46N4O6. The second kappa shape index (κ2) is 12.6. The minimum Gasteiger partial charge on any atom is -0.423 e. The number of fused-ring (bicyclic) bond motifs is 2. The number of morpholine rings is 1. The molecule has 7 atom stereocenters. The van der Waals surface area contributed by atoms with Gasteiger partial charge in [0, 0.05) is 37.5 Å². The molecule has 3 N–H and O–H groups in total. The molecule has 10 nitrogen and oxygen atoms in total. The number of aliphatic hydroxyl groups excluding tert-OH is 2. The van der Waals surface area contributed by atoms with Crippen LogP contribution in [0.1, 0.15) is 45.6 Å². The summed E-state index contributed by atoms with van der Waals surface area (Å²) in [5.74, 6) is -0.205. The number of carbonyl (C=O) groups excluding carboxylic acids is 2. The van der Waals surface area contributed by atoms with Crippen LogP contribution in [0.2, 0.25) is 0 Å². The summed E-state index contributed by atoms with van der Waals surface area (Å²) in [5.41, 5.74) is 3.06. The van der Waals surface area contributed by atoms with Gasteiger partial charge >= 0.3 is 5.97 Å². The molecule has 1 amide bonds. The molecule has 2 aliphatic heterocycles. The quantitative estimate of drug-likeness (QED) is 0.314. The van der Waals surface area contributed by atoms with Crippen LogP contribution in [-0.2, 0) is 26.1 Å². The van der Waals surface area contributed by atoms with Crippen LogP contribution in [0.4, 0.5) is 0 Å². The number of nitrogens with one attached hydrogen (secondary N) is 1. The van der Waals surface area contributed by atoms with Gasteiger partial charge in [-0.25, -0.2) is 9.78 Å². The molecular weight excluding hydrogens is 584 g/mol. The fourth-order valence-corrected chi connectivity index (χ4v) is 8.24. The highest BCUT2D eigenvalue weighted by atomic mass is 16.5. The van der Waals surface area contributed by atoms with Gasteiger partial charge in [0.05, 0.1) is 54.9 Å². The lowest BCUT2D eigenvalue weighted by Crippen LogP contribution is -2.62. The van der Waals surface area contributed by atoms with Crippen molar-refractivity contribution in [3.63, 3.8) is 0 Å². The maximum absolute atomic E-state index is 13.3. The summed E-state index contributed by atoms with van der Waals surface area (Å²) >= 11 is 0. The summed E-state index contributed by atoms with van der Waals surface area (Å²) < 4.78 is 13.0. The number of aryl methyl sites for hydroxylation is 1. The van der Waals surface area contributed by atoms with Crippen molar-refractivity contribution in [3.8, 4) is 0 Å². The topological polar surface area (TPSA) is 126 Å². The Morgan fingerprint density at radius 3 is 2.78 bits per heavy atom. The van der Waals surface area contributed by atoms with Gasteiger partial charge in [-0.3, -0.25) is 10.1 Å². The lowest BCUT2D eigenvalue weighted by molar-refractivity contribution is -0.150.